The zero-order chi connectivity index (χ0) is 20.6. The minimum atomic E-state index is -3.26. The molecule has 0 aromatic carbocycles. The first kappa shape index (κ1) is 23.4. The quantitative estimate of drug-likeness (QED) is 0.462. The normalized spacial score (nSPS) is 21.5. The van der Waals surface area contributed by atoms with Gasteiger partial charge in [-0.15, -0.1) is 0 Å². The van der Waals surface area contributed by atoms with E-state index in [2.05, 4.69) is 27.0 Å². The number of sulfonamides is 1. The number of likely N-dealkylation sites (tertiary alicyclic amines) is 1. The second-order valence-electron chi connectivity index (χ2n) is 8.12. The zero-order valence-electron chi connectivity index (χ0n) is 18.1. The third-order valence-corrected chi connectivity index (χ3v) is 7.36. The number of nitrogens with zero attached hydrogens (tertiary/aromatic N) is 4. The monoisotopic (exact) mass is 417 g/mol. The molecule has 0 unspecified atom stereocenters. The van der Waals surface area contributed by atoms with E-state index >= 15 is 0 Å². The zero-order valence-corrected chi connectivity index (χ0v) is 18.9. The van der Waals surface area contributed by atoms with Gasteiger partial charge in [-0.2, -0.15) is 4.31 Å². The van der Waals surface area contributed by atoms with Crippen LogP contribution in [0.5, 0.6) is 0 Å². The molecule has 2 saturated heterocycles. The van der Waals surface area contributed by atoms with E-state index in [-0.39, 0.29) is 18.5 Å². The summed E-state index contributed by atoms with van der Waals surface area (Å²) in [7, 11) is -1.47. The topological polar surface area (TPSA) is 77.5 Å². The van der Waals surface area contributed by atoms with Gasteiger partial charge in [-0.3, -0.25) is 4.99 Å². The Hall–Kier alpha value is -0.900. The Morgan fingerprint density at radius 2 is 1.79 bits per heavy atom. The van der Waals surface area contributed by atoms with E-state index in [0.717, 1.165) is 25.0 Å². The standard InChI is InChI=1S/C19H39N5O3S/c1-17(2)27-15-16-28(25,26)24-13-11-23(12-14-24)19(20-4)21-7-10-22-8-5-18(3)6-9-22/h17-18H,5-16H2,1-4H3,(H,20,21). The van der Waals surface area contributed by atoms with Gasteiger partial charge in [0, 0.05) is 46.3 Å². The van der Waals surface area contributed by atoms with Crippen LogP contribution in [0.15, 0.2) is 4.99 Å². The van der Waals surface area contributed by atoms with Crippen LogP contribution >= 0.6 is 0 Å². The van der Waals surface area contributed by atoms with Crippen LogP contribution in [0.1, 0.15) is 33.6 Å². The molecule has 9 heteroatoms. The first-order valence-electron chi connectivity index (χ1n) is 10.6. The number of nitrogens with one attached hydrogen (secondary N) is 1. The van der Waals surface area contributed by atoms with Crippen molar-refractivity contribution in [2.75, 3.05) is 71.8 Å². The molecule has 2 rings (SSSR count). The van der Waals surface area contributed by atoms with Crippen molar-refractivity contribution in [3.05, 3.63) is 0 Å². The van der Waals surface area contributed by atoms with Crippen molar-refractivity contribution in [1.82, 2.24) is 19.4 Å². The summed E-state index contributed by atoms with van der Waals surface area (Å²) in [4.78, 5) is 9.04. The van der Waals surface area contributed by atoms with Crippen molar-refractivity contribution in [3.63, 3.8) is 0 Å². The Labute approximate surface area is 171 Å². The molecule has 1 N–H and O–H groups in total. The number of aliphatic imine (C=N–C) groups is 1. The second kappa shape index (κ2) is 11.3. The van der Waals surface area contributed by atoms with E-state index in [9.17, 15) is 8.42 Å². The van der Waals surface area contributed by atoms with Gasteiger partial charge in [0.2, 0.25) is 10.0 Å². The SMILES string of the molecule is CN=C(NCCN1CCC(C)CC1)N1CCN(S(=O)(=O)CCOC(C)C)CC1. The summed E-state index contributed by atoms with van der Waals surface area (Å²) < 4.78 is 31.9. The number of guanidine groups is 1. The van der Waals surface area contributed by atoms with Crippen LogP contribution in [0, 0.1) is 5.92 Å². The van der Waals surface area contributed by atoms with Crippen molar-refractivity contribution >= 4 is 16.0 Å². The first-order valence-corrected chi connectivity index (χ1v) is 12.2. The van der Waals surface area contributed by atoms with E-state index < -0.39 is 10.0 Å². The Morgan fingerprint density at radius 3 is 2.36 bits per heavy atom. The van der Waals surface area contributed by atoms with Gasteiger partial charge in [-0.05, 0) is 45.7 Å². The van der Waals surface area contributed by atoms with Crippen LogP contribution in [0.3, 0.4) is 0 Å². The molecule has 2 aliphatic rings. The van der Waals surface area contributed by atoms with Crippen molar-refractivity contribution in [3.8, 4) is 0 Å². The number of rotatable bonds is 8. The Balaban J connectivity index is 1.71. The summed E-state index contributed by atoms with van der Waals surface area (Å²) in [5.74, 6) is 1.76. The molecular formula is C19H39N5O3S. The van der Waals surface area contributed by atoms with Crippen molar-refractivity contribution < 1.29 is 13.2 Å². The molecule has 2 heterocycles. The predicted octanol–water partition coefficient (Wildman–Crippen LogP) is 0.666. The predicted molar refractivity (Wildman–Crippen MR) is 114 cm³/mol. The molecule has 28 heavy (non-hydrogen) atoms. The molecule has 0 radical (unpaired) electrons. The molecule has 0 aromatic heterocycles. The van der Waals surface area contributed by atoms with Crippen molar-refractivity contribution in [2.24, 2.45) is 10.9 Å². The lowest BCUT2D eigenvalue weighted by molar-refractivity contribution is 0.0904. The minimum Gasteiger partial charge on any atom is -0.378 e. The van der Waals surface area contributed by atoms with Gasteiger partial charge in [0.05, 0.1) is 18.5 Å². The molecule has 8 nitrogen and oxygen atoms in total. The molecule has 2 fully saturated rings. The molecule has 2 aliphatic heterocycles. The fourth-order valence-electron chi connectivity index (χ4n) is 3.64. The van der Waals surface area contributed by atoms with Gasteiger partial charge in [-0.1, -0.05) is 6.92 Å². The Kier molecular flexibility index (Phi) is 9.46. The third-order valence-electron chi connectivity index (χ3n) is 5.52. The van der Waals surface area contributed by atoms with Gasteiger partial charge in [0.25, 0.3) is 0 Å². The minimum absolute atomic E-state index is 0.0482. The highest BCUT2D eigenvalue weighted by Crippen LogP contribution is 2.15. The molecule has 0 aliphatic carbocycles. The van der Waals surface area contributed by atoms with Crippen LogP contribution in [-0.2, 0) is 14.8 Å². The molecule has 0 saturated carbocycles. The van der Waals surface area contributed by atoms with Gasteiger partial charge in [0.1, 0.15) is 0 Å². The average molecular weight is 418 g/mol. The average Bonchev–Trinajstić information content (AvgIpc) is 2.66. The lowest BCUT2D eigenvalue weighted by atomic mass is 9.99. The number of hydrogen-bond acceptors (Lipinski definition) is 5. The van der Waals surface area contributed by atoms with Crippen LogP contribution in [0.2, 0.25) is 0 Å². The fourth-order valence-corrected chi connectivity index (χ4v) is 4.92. The highest BCUT2D eigenvalue weighted by Gasteiger charge is 2.28. The maximum Gasteiger partial charge on any atom is 0.216 e. The Bertz CT molecular complexity index is 580. The molecule has 0 amide bonds. The number of piperidine rings is 1. The highest BCUT2D eigenvalue weighted by molar-refractivity contribution is 7.89. The van der Waals surface area contributed by atoms with Gasteiger partial charge in [-0.25, -0.2) is 8.42 Å². The summed E-state index contributed by atoms with van der Waals surface area (Å²) in [5.41, 5.74) is 0. The summed E-state index contributed by atoms with van der Waals surface area (Å²) in [6.45, 7) is 13.0. The molecule has 0 bridgehead atoms. The smallest absolute Gasteiger partial charge is 0.216 e. The third kappa shape index (κ3) is 7.50. The highest BCUT2D eigenvalue weighted by atomic mass is 32.2. The van der Waals surface area contributed by atoms with E-state index in [4.69, 9.17) is 4.74 Å². The Morgan fingerprint density at radius 1 is 1.14 bits per heavy atom. The van der Waals surface area contributed by atoms with E-state index in [1.54, 1.807) is 11.4 Å². The second-order valence-corrected chi connectivity index (χ2v) is 10.2. The molecular weight excluding hydrogens is 378 g/mol. The van der Waals surface area contributed by atoms with Crippen LogP contribution < -0.4 is 5.32 Å². The van der Waals surface area contributed by atoms with Crippen LogP contribution in [-0.4, -0.2) is 106 Å². The summed E-state index contributed by atoms with van der Waals surface area (Å²) in [5, 5.41) is 3.44. The summed E-state index contributed by atoms with van der Waals surface area (Å²) >= 11 is 0. The molecule has 164 valence electrons. The lowest BCUT2D eigenvalue weighted by Gasteiger charge is -2.36. The van der Waals surface area contributed by atoms with Gasteiger partial charge < -0.3 is 19.9 Å². The number of hydrogen-bond donors (Lipinski definition) is 1. The van der Waals surface area contributed by atoms with Gasteiger partial charge in [0.15, 0.2) is 5.96 Å². The molecule has 0 spiro atoms. The maximum atomic E-state index is 12.5. The molecule has 0 atom stereocenters. The number of piperazine rings is 1. The summed E-state index contributed by atoms with van der Waals surface area (Å²) in [6, 6.07) is 0. The van der Waals surface area contributed by atoms with E-state index in [0.29, 0.717) is 26.2 Å². The van der Waals surface area contributed by atoms with E-state index in [1.807, 2.05) is 13.8 Å². The summed E-state index contributed by atoms with van der Waals surface area (Å²) in [6.07, 6.45) is 2.62. The van der Waals surface area contributed by atoms with Crippen LogP contribution in [0.4, 0.5) is 0 Å². The van der Waals surface area contributed by atoms with Crippen molar-refractivity contribution in [2.45, 2.75) is 39.7 Å². The van der Waals surface area contributed by atoms with Gasteiger partial charge >= 0.3 is 0 Å². The number of ether oxygens (including phenoxy) is 1. The lowest BCUT2D eigenvalue weighted by Crippen LogP contribution is -2.54. The fraction of sp³-hybridized carbons (Fsp3) is 0.947. The maximum absolute atomic E-state index is 12.5. The van der Waals surface area contributed by atoms with E-state index in [1.165, 1.54) is 25.9 Å². The molecule has 0 aromatic rings. The van der Waals surface area contributed by atoms with Crippen LogP contribution in [0.25, 0.3) is 0 Å². The van der Waals surface area contributed by atoms with Crippen molar-refractivity contribution in [1.29, 1.82) is 0 Å². The first-order chi connectivity index (χ1) is 13.3. The largest absolute Gasteiger partial charge is 0.378 e.